The summed E-state index contributed by atoms with van der Waals surface area (Å²) in [6.45, 7) is 2.63. The molecule has 3 aromatic rings. The van der Waals surface area contributed by atoms with Crippen molar-refractivity contribution in [2.45, 2.75) is 56.8 Å². The first-order chi connectivity index (χ1) is 20.4. The second-order valence-corrected chi connectivity index (χ2v) is 11.4. The van der Waals surface area contributed by atoms with Crippen LogP contribution in [0.5, 0.6) is 0 Å². The lowest BCUT2D eigenvalue weighted by molar-refractivity contribution is -0.143. The molecular formula is C31H34F6N4O2. The number of alkyl halides is 6. The normalized spacial score (nSPS) is 20.9. The van der Waals surface area contributed by atoms with Crippen LogP contribution in [-0.2, 0) is 42.1 Å². The molecule has 0 bridgehead atoms. The monoisotopic (exact) mass is 608 g/mol. The Morgan fingerprint density at radius 1 is 0.930 bits per heavy atom. The number of ether oxygens (including phenoxy) is 1. The summed E-state index contributed by atoms with van der Waals surface area (Å²) < 4.78 is 88.2. The summed E-state index contributed by atoms with van der Waals surface area (Å²) in [5, 5.41) is 0. The van der Waals surface area contributed by atoms with Crippen molar-refractivity contribution in [3.8, 4) is 0 Å². The van der Waals surface area contributed by atoms with Crippen LogP contribution in [0.25, 0.3) is 0 Å². The average molecular weight is 609 g/mol. The quantitative estimate of drug-likeness (QED) is 0.297. The highest BCUT2D eigenvalue weighted by atomic mass is 19.4. The Morgan fingerprint density at radius 3 is 2.16 bits per heavy atom. The van der Waals surface area contributed by atoms with Crippen LogP contribution in [0.2, 0.25) is 0 Å². The van der Waals surface area contributed by atoms with Crippen molar-refractivity contribution in [1.29, 1.82) is 0 Å². The van der Waals surface area contributed by atoms with Gasteiger partial charge in [0.15, 0.2) is 0 Å². The Morgan fingerprint density at radius 2 is 1.58 bits per heavy atom. The maximum Gasteiger partial charge on any atom is 0.416 e. The SMILES string of the molecule is Cn1ccnc1CN1CCC(C(=O)N2CCC(OCc3cc(C(F)(F)F)cc(C(F)(F)F)c3)C(c3ccccc3)C2)CC1. The second-order valence-electron chi connectivity index (χ2n) is 11.4. The molecule has 0 spiro atoms. The number of hydrogen-bond donors (Lipinski definition) is 0. The Balaban J connectivity index is 1.25. The Bertz CT molecular complexity index is 1350. The highest BCUT2D eigenvalue weighted by molar-refractivity contribution is 5.79. The van der Waals surface area contributed by atoms with E-state index in [2.05, 4.69) is 9.88 Å². The summed E-state index contributed by atoms with van der Waals surface area (Å²) >= 11 is 0. The number of imidazole rings is 1. The largest absolute Gasteiger partial charge is 0.416 e. The van der Waals surface area contributed by atoms with E-state index in [1.165, 1.54) is 0 Å². The first kappa shape index (κ1) is 31.1. The molecule has 2 aliphatic heterocycles. The zero-order valence-corrected chi connectivity index (χ0v) is 23.7. The van der Waals surface area contributed by atoms with Gasteiger partial charge in [-0.15, -0.1) is 0 Å². The molecule has 2 aromatic carbocycles. The van der Waals surface area contributed by atoms with E-state index in [1.54, 1.807) is 6.20 Å². The smallest absolute Gasteiger partial charge is 0.373 e. The molecule has 1 aromatic heterocycles. The topological polar surface area (TPSA) is 50.6 Å². The molecule has 1 amide bonds. The standard InChI is InChI=1S/C31H34F6N4O2/c1-39-14-10-38-28(39)19-40-11-7-23(8-12-40)29(42)41-13-9-27(26(18-41)22-5-3-2-4-6-22)43-20-21-15-24(30(32,33)34)17-25(16-21)31(35,36)37/h2-6,10,14-17,23,26-27H,7-9,11-13,18-20H2,1H3. The molecule has 6 nitrogen and oxygen atoms in total. The maximum absolute atomic E-state index is 13.6. The molecule has 2 atom stereocenters. The van der Waals surface area contributed by atoms with Crippen LogP contribution >= 0.6 is 0 Å². The molecule has 0 radical (unpaired) electrons. The van der Waals surface area contributed by atoms with Gasteiger partial charge >= 0.3 is 12.4 Å². The third-order valence-corrected chi connectivity index (χ3v) is 8.42. The van der Waals surface area contributed by atoms with Crippen LogP contribution in [0.3, 0.4) is 0 Å². The van der Waals surface area contributed by atoms with Crippen LogP contribution in [0.4, 0.5) is 26.3 Å². The molecule has 43 heavy (non-hydrogen) atoms. The zero-order chi connectivity index (χ0) is 30.8. The molecule has 2 saturated heterocycles. The lowest BCUT2D eigenvalue weighted by atomic mass is 9.86. The fourth-order valence-corrected chi connectivity index (χ4v) is 6.00. The van der Waals surface area contributed by atoms with Gasteiger partial charge in [0.1, 0.15) is 5.82 Å². The first-order valence-electron chi connectivity index (χ1n) is 14.3. The average Bonchev–Trinajstić information content (AvgIpc) is 3.39. The van der Waals surface area contributed by atoms with E-state index < -0.39 is 36.2 Å². The first-order valence-corrected chi connectivity index (χ1v) is 14.3. The molecule has 232 valence electrons. The van der Waals surface area contributed by atoms with Gasteiger partial charge in [-0.2, -0.15) is 26.3 Å². The van der Waals surface area contributed by atoms with E-state index >= 15 is 0 Å². The number of rotatable bonds is 7. The molecule has 5 rings (SSSR count). The Kier molecular flexibility index (Phi) is 9.17. The number of piperidine rings is 2. The van der Waals surface area contributed by atoms with E-state index in [0.717, 1.165) is 43.9 Å². The zero-order valence-electron chi connectivity index (χ0n) is 23.7. The number of halogens is 6. The van der Waals surface area contributed by atoms with Crippen molar-refractivity contribution >= 4 is 5.91 Å². The fourth-order valence-electron chi connectivity index (χ4n) is 6.00. The number of benzene rings is 2. The van der Waals surface area contributed by atoms with E-state index in [9.17, 15) is 31.1 Å². The molecule has 3 heterocycles. The summed E-state index contributed by atoms with van der Waals surface area (Å²) in [4.78, 5) is 22.1. The number of hydrogen-bond acceptors (Lipinski definition) is 4. The van der Waals surface area contributed by atoms with E-state index in [4.69, 9.17) is 4.74 Å². The fraction of sp³-hybridized carbons (Fsp3) is 0.484. The number of nitrogens with zero attached hydrogens (tertiary/aromatic N) is 4. The van der Waals surface area contributed by atoms with Crippen LogP contribution in [-0.4, -0.2) is 57.5 Å². The van der Waals surface area contributed by atoms with Crippen molar-refractivity contribution < 1.29 is 35.9 Å². The van der Waals surface area contributed by atoms with Crippen molar-refractivity contribution in [2.24, 2.45) is 13.0 Å². The molecule has 0 saturated carbocycles. The molecular weight excluding hydrogens is 574 g/mol. The van der Waals surface area contributed by atoms with E-state index in [0.29, 0.717) is 31.6 Å². The van der Waals surface area contributed by atoms with Crippen LogP contribution in [0.1, 0.15) is 53.3 Å². The number of carbonyl (C=O) groups is 1. The van der Waals surface area contributed by atoms with Crippen LogP contribution < -0.4 is 0 Å². The summed E-state index contributed by atoms with van der Waals surface area (Å²) in [7, 11) is 1.95. The van der Waals surface area contributed by atoms with Gasteiger partial charge in [-0.05, 0) is 61.7 Å². The van der Waals surface area contributed by atoms with Gasteiger partial charge in [0.05, 0.1) is 30.4 Å². The molecule has 2 unspecified atom stereocenters. The molecule has 0 N–H and O–H groups in total. The molecule has 12 heteroatoms. The summed E-state index contributed by atoms with van der Waals surface area (Å²) in [6.07, 6.45) is -4.81. The number of carbonyl (C=O) groups excluding carboxylic acids is 1. The van der Waals surface area contributed by atoms with Gasteiger partial charge in [-0.1, -0.05) is 30.3 Å². The number of aromatic nitrogens is 2. The van der Waals surface area contributed by atoms with Gasteiger partial charge in [0.25, 0.3) is 0 Å². The number of amides is 1. The molecule has 0 aliphatic carbocycles. The van der Waals surface area contributed by atoms with Crippen LogP contribution in [0.15, 0.2) is 60.9 Å². The van der Waals surface area contributed by atoms with Crippen molar-refractivity contribution in [3.63, 3.8) is 0 Å². The number of aryl methyl sites for hydroxylation is 1. The van der Waals surface area contributed by atoms with Gasteiger partial charge in [-0.3, -0.25) is 9.69 Å². The van der Waals surface area contributed by atoms with E-state index in [-0.39, 0.29) is 29.4 Å². The Labute approximate surface area is 246 Å². The molecule has 2 aliphatic rings. The summed E-state index contributed by atoms with van der Waals surface area (Å²) in [5.74, 6) is 0.647. The third-order valence-electron chi connectivity index (χ3n) is 8.42. The summed E-state index contributed by atoms with van der Waals surface area (Å²) in [5.41, 5.74) is -2.04. The lowest BCUT2D eigenvalue weighted by Crippen LogP contribution is -2.49. The van der Waals surface area contributed by atoms with E-state index in [1.807, 2.05) is 53.0 Å². The minimum atomic E-state index is -4.93. The lowest BCUT2D eigenvalue weighted by Gasteiger charge is -2.41. The highest BCUT2D eigenvalue weighted by Crippen LogP contribution is 2.37. The predicted octanol–water partition coefficient (Wildman–Crippen LogP) is 6.27. The number of likely N-dealkylation sites (tertiary alicyclic amines) is 2. The minimum absolute atomic E-state index is 0.0729. The van der Waals surface area contributed by atoms with Gasteiger partial charge in [0, 0.05) is 44.4 Å². The van der Waals surface area contributed by atoms with Crippen molar-refractivity contribution in [3.05, 3.63) is 89.0 Å². The third kappa shape index (κ3) is 7.59. The van der Waals surface area contributed by atoms with Crippen LogP contribution in [0, 0.1) is 5.92 Å². The Hall–Kier alpha value is -3.38. The van der Waals surface area contributed by atoms with Crippen molar-refractivity contribution in [2.75, 3.05) is 26.2 Å². The summed E-state index contributed by atoms with van der Waals surface area (Å²) in [6, 6.07) is 10.9. The van der Waals surface area contributed by atoms with Crippen molar-refractivity contribution in [1.82, 2.24) is 19.4 Å². The minimum Gasteiger partial charge on any atom is -0.373 e. The van der Waals surface area contributed by atoms with Gasteiger partial charge < -0.3 is 14.2 Å². The highest BCUT2D eigenvalue weighted by Gasteiger charge is 2.39. The maximum atomic E-state index is 13.6. The second kappa shape index (κ2) is 12.7. The predicted molar refractivity (Wildman–Crippen MR) is 147 cm³/mol. The van der Waals surface area contributed by atoms with Gasteiger partial charge in [0.2, 0.25) is 5.91 Å². The van der Waals surface area contributed by atoms with Gasteiger partial charge in [-0.25, -0.2) is 4.98 Å². The molecule has 2 fully saturated rings.